The Bertz CT molecular complexity index is 938. The number of phenolic OH excluding ortho intramolecular Hbond substituents is 1. The van der Waals surface area contributed by atoms with Gasteiger partial charge in [-0.05, 0) is 36.9 Å². The molecule has 2 aromatic rings. The van der Waals surface area contributed by atoms with Crippen LogP contribution in [-0.4, -0.2) is 42.8 Å². The van der Waals surface area contributed by atoms with Crippen molar-refractivity contribution in [2.45, 2.75) is 39.2 Å². The lowest BCUT2D eigenvalue weighted by Crippen LogP contribution is -2.43. The normalized spacial score (nSPS) is 11.8. The average Bonchev–Trinajstić information content (AvgIpc) is 2.79. The molecule has 9 heteroatoms. The van der Waals surface area contributed by atoms with Crippen LogP contribution >= 0.6 is 23.2 Å². The number of phenols is 1. The van der Waals surface area contributed by atoms with Gasteiger partial charge in [0, 0.05) is 6.42 Å². The maximum atomic E-state index is 13.0. The summed E-state index contributed by atoms with van der Waals surface area (Å²) in [7, 11) is 0. The van der Waals surface area contributed by atoms with Crippen LogP contribution in [0.15, 0.2) is 36.4 Å². The van der Waals surface area contributed by atoms with E-state index in [1.54, 1.807) is 0 Å². The third kappa shape index (κ3) is 8.11. The quantitative estimate of drug-likeness (QED) is 0.297. The number of carbonyl (C=O) groups excluding carboxylic acids is 2. The lowest BCUT2D eigenvalue weighted by Gasteiger charge is -2.20. The van der Waals surface area contributed by atoms with Crippen LogP contribution in [-0.2, 0) is 16.0 Å². The minimum absolute atomic E-state index is 0.0673. The lowest BCUT2D eigenvalue weighted by molar-refractivity contribution is -0.147. The van der Waals surface area contributed by atoms with E-state index < -0.39 is 23.7 Å². The van der Waals surface area contributed by atoms with Gasteiger partial charge < -0.3 is 25.6 Å². The molecule has 4 N–H and O–H groups in total. The van der Waals surface area contributed by atoms with Gasteiger partial charge in [0.1, 0.15) is 11.1 Å². The van der Waals surface area contributed by atoms with Crippen LogP contribution in [0.1, 0.15) is 42.6 Å². The van der Waals surface area contributed by atoms with Gasteiger partial charge in [0.25, 0.3) is 5.91 Å². The fourth-order valence-corrected chi connectivity index (χ4v) is 3.51. The number of halogens is 2. The van der Waals surface area contributed by atoms with E-state index in [0.29, 0.717) is 19.6 Å². The van der Waals surface area contributed by atoms with E-state index in [-0.39, 0.29) is 40.3 Å². The first-order chi connectivity index (χ1) is 15.7. The number of carbonyl (C=O) groups is 2. The van der Waals surface area contributed by atoms with Crippen LogP contribution in [0, 0.1) is 5.92 Å². The number of nitrogens with one attached hydrogen (secondary N) is 1. The molecular weight excluding hydrogens is 467 g/mol. The van der Waals surface area contributed by atoms with Crippen molar-refractivity contribution >= 4 is 35.1 Å². The van der Waals surface area contributed by atoms with Crippen LogP contribution in [0.3, 0.4) is 0 Å². The maximum absolute atomic E-state index is 13.0. The predicted octanol–water partition coefficient (Wildman–Crippen LogP) is 4.36. The fraction of sp³-hybridized carbons (Fsp3) is 0.417. The Labute approximate surface area is 204 Å². The molecule has 1 unspecified atom stereocenters. The molecule has 2 rings (SSSR count). The molecule has 1 amide bonds. The Balaban J connectivity index is 2.22. The first-order valence-corrected chi connectivity index (χ1v) is 11.5. The summed E-state index contributed by atoms with van der Waals surface area (Å²) in [6.45, 7) is 4.89. The number of amides is 1. The topological polar surface area (TPSA) is 111 Å². The van der Waals surface area contributed by atoms with Crippen molar-refractivity contribution < 1.29 is 24.2 Å². The smallest absolute Gasteiger partial charge is 0.329 e. The van der Waals surface area contributed by atoms with Crippen LogP contribution in [0.2, 0.25) is 10.0 Å². The van der Waals surface area contributed by atoms with Crippen molar-refractivity contribution in [1.82, 2.24) is 5.32 Å². The molecule has 0 aromatic heterocycles. The molecule has 1 atom stereocenters. The number of rotatable bonds is 12. The Kier molecular flexibility index (Phi) is 10.8. The van der Waals surface area contributed by atoms with Gasteiger partial charge in [-0.25, -0.2) is 4.79 Å². The molecule has 33 heavy (non-hydrogen) atoms. The Morgan fingerprint density at radius 2 is 1.85 bits per heavy atom. The van der Waals surface area contributed by atoms with Crippen LogP contribution in [0.25, 0.3) is 0 Å². The van der Waals surface area contributed by atoms with Crippen LogP contribution in [0.4, 0.5) is 0 Å². The number of esters is 1. The van der Waals surface area contributed by atoms with Crippen molar-refractivity contribution in [3.05, 3.63) is 57.6 Å². The van der Waals surface area contributed by atoms with Gasteiger partial charge in [-0.1, -0.05) is 67.4 Å². The van der Waals surface area contributed by atoms with E-state index in [1.165, 1.54) is 6.07 Å². The van der Waals surface area contributed by atoms with E-state index in [9.17, 15) is 14.7 Å². The largest absolute Gasteiger partial charge is 0.505 e. The number of hydrogen-bond donors (Lipinski definition) is 3. The third-order valence-corrected chi connectivity index (χ3v) is 5.30. The van der Waals surface area contributed by atoms with Crippen LogP contribution < -0.4 is 15.8 Å². The molecule has 0 aliphatic heterocycles. The first-order valence-electron chi connectivity index (χ1n) is 10.8. The number of ether oxygens (including phenoxy) is 2. The number of hydrogen-bond acceptors (Lipinski definition) is 6. The minimum atomic E-state index is -0.970. The number of nitrogens with two attached hydrogens (primary N) is 1. The Hall–Kier alpha value is -2.48. The summed E-state index contributed by atoms with van der Waals surface area (Å²) in [6, 6.07) is 9.51. The van der Waals surface area contributed by atoms with Gasteiger partial charge in [0.05, 0.1) is 23.8 Å². The highest BCUT2D eigenvalue weighted by Crippen LogP contribution is 2.42. The number of unbranched alkanes of at least 4 members (excludes halogenated alkanes) is 1. The van der Waals surface area contributed by atoms with Crippen molar-refractivity contribution in [2.24, 2.45) is 11.7 Å². The summed E-state index contributed by atoms with van der Waals surface area (Å²) in [6.07, 6.45) is 1.66. The molecule has 0 aliphatic rings. The average molecular weight is 497 g/mol. The molecule has 0 fully saturated rings. The summed E-state index contributed by atoms with van der Waals surface area (Å²) in [5.41, 5.74) is 6.13. The van der Waals surface area contributed by atoms with Crippen molar-refractivity contribution in [2.75, 3.05) is 19.8 Å². The van der Waals surface area contributed by atoms with Crippen molar-refractivity contribution in [3.63, 3.8) is 0 Å². The van der Waals surface area contributed by atoms with Gasteiger partial charge in [-0.3, -0.25) is 4.79 Å². The Morgan fingerprint density at radius 3 is 2.48 bits per heavy atom. The van der Waals surface area contributed by atoms with E-state index in [0.717, 1.165) is 12.0 Å². The van der Waals surface area contributed by atoms with Gasteiger partial charge in [0.2, 0.25) is 0 Å². The standard InChI is InChI=1S/C24H30Cl2N2O5/c1-15(2)14-33-24(31)19(12-16-8-4-3-5-9-16)28-23(30)17-13-18(25)22(20(26)21(17)29)32-11-7-6-10-27/h3-5,8-9,13,15,19,29H,6-7,10-12,14,27H2,1-2H3,(H,28,30). The summed E-state index contributed by atoms with van der Waals surface area (Å²) < 4.78 is 10.9. The molecule has 0 saturated carbocycles. The molecule has 0 heterocycles. The van der Waals surface area contributed by atoms with Gasteiger partial charge in [0.15, 0.2) is 11.5 Å². The zero-order valence-electron chi connectivity index (χ0n) is 18.8. The van der Waals surface area contributed by atoms with E-state index >= 15 is 0 Å². The molecule has 0 spiro atoms. The molecule has 2 aromatic carbocycles. The second-order valence-electron chi connectivity index (χ2n) is 7.98. The highest BCUT2D eigenvalue weighted by atomic mass is 35.5. The highest BCUT2D eigenvalue weighted by molar-refractivity contribution is 6.39. The van der Waals surface area contributed by atoms with Crippen molar-refractivity contribution in [3.8, 4) is 11.5 Å². The van der Waals surface area contributed by atoms with Crippen molar-refractivity contribution in [1.29, 1.82) is 0 Å². The number of benzene rings is 2. The van der Waals surface area contributed by atoms with E-state index in [2.05, 4.69) is 5.32 Å². The van der Waals surface area contributed by atoms with E-state index in [4.69, 9.17) is 38.4 Å². The lowest BCUT2D eigenvalue weighted by atomic mass is 10.0. The molecule has 0 bridgehead atoms. The number of aromatic hydroxyl groups is 1. The molecule has 0 aliphatic carbocycles. The molecule has 0 saturated heterocycles. The van der Waals surface area contributed by atoms with E-state index in [1.807, 2.05) is 44.2 Å². The molecule has 0 radical (unpaired) electrons. The second-order valence-corrected chi connectivity index (χ2v) is 8.77. The second kappa shape index (κ2) is 13.3. The Morgan fingerprint density at radius 1 is 1.15 bits per heavy atom. The summed E-state index contributed by atoms with van der Waals surface area (Å²) in [4.78, 5) is 25.7. The SMILES string of the molecule is CC(C)COC(=O)C(Cc1ccccc1)NC(=O)c1cc(Cl)c(OCCCCN)c(Cl)c1O. The monoisotopic (exact) mass is 496 g/mol. The summed E-state index contributed by atoms with van der Waals surface area (Å²) in [5.74, 6) is -1.55. The molecular formula is C24H30Cl2N2O5. The van der Waals surface area contributed by atoms with Crippen LogP contribution in [0.5, 0.6) is 11.5 Å². The maximum Gasteiger partial charge on any atom is 0.329 e. The van der Waals surface area contributed by atoms with Gasteiger partial charge in [-0.2, -0.15) is 0 Å². The molecule has 7 nitrogen and oxygen atoms in total. The zero-order chi connectivity index (χ0) is 24.4. The summed E-state index contributed by atoms with van der Waals surface area (Å²) in [5, 5.41) is 13.0. The third-order valence-electron chi connectivity index (χ3n) is 4.67. The van der Waals surface area contributed by atoms with Gasteiger partial charge in [-0.15, -0.1) is 0 Å². The molecule has 180 valence electrons. The minimum Gasteiger partial charge on any atom is -0.505 e. The zero-order valence-corrected chi connectivity index (χ0v) is 20.3. The summed E-state index contributed by atoms with van der Waals surface area (Å²) >= 11 is 12.5. The fourth-order valence-electron chi connectivity index (χ4n) is 2.95. The predicted molar refractivity (Wildman–Crippen MR) is 129 cm³/mol. The first kappa shape index (κ1) is 26.8. The van der Waals surface area contributed by atoms with Gasteiger partial charge >= 0.3 is 5.97 Å². The highest BCUT2D eigenvalue weighted by Gasteiger charge is 2.27.